The molecule has 0 radical (unpaired) electrons. The summed E-state index contributed by atoms with van der Waals surface area (Å²) in [5.74, 6) is 0.391. The number of methoxy groups -OCH3 is 1. The zero-order chi connectivity index (χ0) is 20.3. The van der Waals surface area contributed by atoms with Crippen LogP contribution in [0.25, 0.3) is 11.3 Å². The molecule has 1 amide bonds. The molecule has 1 aromatic heterocycles. The van der Waals surface area contributed by atoms with Crippen molar-refractivity contribution in [2.45, 2.75) is 26.5 Å². The molecule has 28 heavy (non-hydrogen) atoms. The molecule has 3 aromatic rings. The second-order valence-electron chi connectivity index (χ2n) is 6.43. The summed E-state index contributed by atoms with van der Waals surface area (Å²) in [4.78, 5) is 13.4. The molecular weight excluding hydrogens is 380 g/mol. The summed E-state index contributed by atoms with van der Waals surface area (Å²) in [6.07, 6.45) is -1.11. The number of benzene rings is 2. The number of amides is 1. The lowest BCUT2D eigenvalue weighted by Gasteiger charge is -2.27. The third-order valence-corrected chi connectivity index (χ3v) is 4.89. The molecule has 0 saturated heterocycles. The van der Waals surface area contributed by atoms with Gasteiger partial charge in [0.25, 0.3) is 0 Å². The summed E-state index contributed by atoms with van der Waals surface area (Å²) < 4.78 is 10.6. The van der Waals surface area contributed by atoms with E-state index in [1.165, 1.54) is 4.90 Å². The van der Waals surface area contributed by atoms with Crippen molar-refractivity contribution in [1.82, 2.24) is 5.16 Å². The molecular formula is C21H21ClN2O4. The predicted octanol–water partition coefficient (Wildman–Crippen LogP) is 5.70. The molecule has 1 N–H and O–H groups in total. The molecule has 0 fully saturated rings. The van der Waals surface area contributed by atoms with Crippen molar-refractivity contribution < 1.29 is 19.2 Å². The maximum Gasteiger partial charge on any atom is 0.412 e. The monoisotopic (exact) mass is 400 g/mol. The lowest BCUT2D eigenvalue weighted by atomic mass is 10.0. The highest BCUT2D eigenvalue weighted by Crippen LogP contribution is 2.39. The standard InChI is InChI=1S/C21H21ClN2O4/c1-13-19(20(28-23-13)16-10-8-15(9-11-16)12-27-3)24(21(25)26)14(2)17-6-4-5-7-18(17)22/h4-11,14H,12H2,1-3H3,(H,25,26). The van der Waals surface area contributed by atoms with Crippen molar-refractivity contribution in [2.75, 3.05) is 12.0 Å². The van der Waals surface area contributed by atoms with Gasteiger partial charge in [0.1, 0.15) is 11.4 Å². The smallest absolute Gasteiger partial charge is 0.412 e. The number of halogens is 1. The molecule has 1 heterocycles. The number of rotatable bonds is 6. The average Bonchev–Trinajstić information content (AvgIpc) is 3.04. The largest absolute Gasteiger partial charge is 0.465 e. The normalized spacial score (nSPS) is 12.0. The van der Waals surface area contributed by atoms with E-state index in [-0.39, 0.29) is 0 Å². The first-order valence-electron chi connectivity index (χ1n) is 8.75. The van der Waals surface area contributed by atoms with Crippen molar-refractivity contribution in [3.63, 3.8) is 0 Å². The molecule has 1 unspecified atom stereocenters. The van der Waals surface area contributed by atoms with Gasteiger partial charge in [-0.3, -0.25) is 4.90 Å². The van der Waals surface area contributed by atoms with Crippen molar-refractivity contribution in [3.05, 3.63) is 70.4 Å². The number of hydrogen-bond donors (Lipinski definition) is 1. The fourth-order valence-electron chi connectivity index (χ4n) is 3.16. The van der Waals surface area contributed by atoms with Crippen LogP contribution in [0.15, 0.2) is 53.1 Å². The number of carboxylic acid groups (broad SMARTS) is 1. The number of ether oxygens (including phenoxy) is 1. The minimum atomic E-state index is -1.11. The van der Waals surface area contributed by atoms with E-state index in [4.69, 9.17) is 20.9 Å². The Balaban J connectivity index is 2.06. The second-order valence-corrected chi connectivity index (χ2v) is 6.83. The molecule has 0 bridgehead atoms. The van der Waals surface area contributed by atoms with Crippen molar-refractivity contribution in [2.24, 2.45) is 0 Å². The zero-order valence-electron chi connectivity index (χ0n) is 15.8. The van der Waals surface area contributed by atoms with Crippen molar-refractivity contribution >= 4 is 23.4 Å². The Bertz CT molecular complexity index is 969. The Kier molecular flexibility index (Phi) is 6.02. The summed E-state index contributed by atoms with van der Waals surface area (Å²) in [6.45, 7) is 4.00. The van der Waals surface area contributed by atoms with Crippen LogP contribution in [0.3, 0.4) is 0 Å². The van der Waals surface area contributed by atoms with Crippen LogP contribution in [-0.2, 0) is 11.3 Å². The molecule has 0 aliphatic rings. The number of hydrogen-bond acceptors (Lipinski definition) is 4. The van der Waals surface area contributed by atoms with Crippen LogP contribution < -0.4 is 4.90 Å². The molecule has 0 saturated carbocycles. The van der Waals surface area contributed by atoms with E-state index in [9.17, 15) is 9.90 Å². The van der Waals surface area contributed by atoms with Crippen LogP contribution in [0, 0.1) is 6.92 Å². The summed E-state index contributed by atoms with van der Waals surface area (Å²) in [5, 5.41) is 14.5. The van der Waals surface area contributed by atoms with Gasteiger partial charge in [-0.05, 0) is 31.0 Å². The van der Waals surface area contributed by atoms with Gasteiger partial charge in [-0.25, -0.2) is 4.79 Å². The molecule has 146 valence electrons. The minimum absolute atomic E-state index is 0.391. The van der Waals surface area contributed by atoms with Crippen LogP contribution in [0.1, 0.15) is 29.8 Å². The van der Waals surface area contributed by atoms with Gasteiger partial charge >= 0.3 is 6.09 Å². The van der Waals surface area contributed by atoms with Crippen molar-refractivity contribution in [1.29, 1.82) is 0 Å². The van der Waals surface area contributed by atoms with Gasteiger partial charge < -0.3 is 14.4 Å². The lowest BCUT2D eigenvalue weighted by molar-refractivity contribution is 0.185. The van der Waals surface area contributed by atoms with E-state index in [2.05, 4.69) is 5.16 Å². The van der Waals surface area contributed by atoms with Crippen LogP contribution >= 0.6 is 11.6 Å². The highest BCUT2D eigenvalue weighted by Gasteiger charge is 2.31. The van der Waals surface area contributed by atoms with Gasteiger partial charge in [0, 0.05) is 17.7 Å². The molecule has 3 rings (SSSR count). The van der Waals surface area contributed by atoms with Crippen LogP contribution in [0.2, 0.25) is 5.02 Å². The Morgan fingerprint density at radius 2 is 1.93 bits per heavy atom. The number of carbonyl (C=O) groups is 1. The highest BCUT2D eigenvalue weighted by atomic mass is 35.5. The summed E-state index contributed by atoms with van der Waals surface area (Å²) >= 11 is 6.30. The van der Waals surface area contributed by atoms with E-state index in [0.717, 1.165) is 11.1 Å². The first-order chi connectivity index (χ1) is 13.4. The van der Waals surface area contributed by atoms with Gasteiger partial charge in [-0.15, -0.1) is 0 Å². The van der Waals surface area contributed by atoms with Gasteiger partial charge in [-0.2, -0.15) is 0 Å². The first kappa shape index (κ1) is 19.9. The van der Waals surface area contributed by atoms with E-state index < -0.39 is 12.1 Å². The third-order valence-electron chi connectivity index (χ3n) is 4.55. The fourth-order valence-corrected chi connectivity index (χ4v) is 3.46. The Labute approximate surface area is 168 Å². The van der Waals surface area contributed by atoms with E-state index in [1.54, 1.807) is 33.1 Å². The Morgan fingerprint density at radius 3 is 2.54 bits per heavy atom. The number of aryl methyl sites for hydroxylation is 1. The van der Waals surface area contributed by atoms with Crippen LogP contribution in [0.4, 0.5) is 10.5 Å². The molecule has 6 nitrogen and oxygen atoms in total. The second kappa shape index (κ2) is 8.46. The SMILES string of the molecule is COCc1ccc(-c2onc(C)c2N(C(=O)O)C(C)c2ccccc2Cl)cc1. The van der Waals surface area contributed by atoms with Crippen LogP contribution in [0.5, 0.6) is 0 Å². The minimum Gasteiger partial charge on any atom is -0.465 e. The molecule has 0 aliphatic heterocycles. The summed E-state index contributed by atoms with van der Waals surface area (Å²) in [5.41, 5.74) is 3.32. The number of nitrogens with zero attached hydrogens (tertiary/aromatic N) is 2. The Morgan fingerprint density at radius 1 is 1.25 bits per heavy atom. The maximum absolute atomic E-state index is 12.2. The van der Waals surface area contributed by atoms with Gasteiger partial charge in [0.2, 0.25) is 0 Å². The van der Waals surface area contributed by atoms with E-state index in [0.29, 0.717) is 34.3 Å². The fraction of sp³-hybridized carbons (Fsp3) is 0.238. The average molecular weight is 401 g/mol. The van der Waals surface area contributed by atoms with Crippen molar-refractivity contribution in [3.8, 4) is 11.3 Å². The third kappa shape index (κ3) is 3.88. The topological polar surface area (TPSA) is 75.8 Å². The molecule has 7 heteroatoms. The van der Waals surface area contributed by atoms with Crippen LogP contribution in [-0.4, -0.2) is 23.5 Å². The van der Waals surface area contributed by atoms with Gasteiger partial charge in [0.05, 0.1) is 12.6 Å². The maximum atomic E-state index is 12.2. The molecule has 2 aromatic carbocycles. The van der Waals surface area contributed by atoms with E-state index in [1.807, 2.05) is 36.4 Å². The molecule has 1 atom stereocenters. The number of aromatic nitrogens is 1. The lowest BCUT2D eigenvalue weighted by Crippen LogP contribution is -2.33. The van der Waals surface area contributed by atoms with Gasteiger partial charge in [-0.1, -0.05) is 59.2 Å². The molecule has 0 aliphatic carbocycles. The first-order valence-corrected chi connectivity index (χ1v) is 9.13. The predicted molar refractivity (Wildman–Crippen MR) is 108 cm³/mol. The highest BCUT2D eigenvalue weighted by molar-refractivity contribution is 6.31. The van der Waals surface area contributed by atoms with Gasteiger partial charge in [0.15, 0.2) is 5.76 Å². The number of anilines is 1. The quantitative estimate of drug-likeness (QED) is 0.574. The molecule has 0 spiro atoms. The zero-order valence-corrected chi connectivity index (χ0v) is 16.6. The van der Waals surface area contributed by atoms with E-state index >= 15 is 0 Å². The summed E-state index contributed by atoms with van der Waals surface area (Å²) in [6, 6.07) is 14.2. The Hall–Kier alpha value is -2.83. The summed E-state index contributed by atoms with van der Waals surface area (Å²) in [7, 11) is 1.63.